The first-order valence-electron chi connectivity index (χ1n) is 13.4. The van der Waals surface area contributed by atoms with E-state index in [2.05, 4.69) is 13.8 Å². The lowest BCUT2D eigenvalue weighted by Crippen LogP contribution is -2.55. The summed E-state index contributed by atoms with van der Waals surface area (Å²) in [5, 5.41) is 0. The van der Waals surface area contributed by atoms with E-state index in [4.69, 9.17) is 14.2 Å². The Labute approximate surface area is 227 Å². The maximum absolute atomic E-state index is 14.3. The maximum atomic E-state index is 14.3. The molecule has 0 bridgehead atoms. The third-order valence-electron chi connectivity index (χ3n) is 6.72. The smallest absolute Gasteiger partial charge is 0.254 e. The molecule has 7 nitrogen and oxygen atoms in total. The molecule has 1 heterocycles. The first kappa shape index (κ1) is 29.4. The fraction of sp³-hybridized carbons (Fsp3) is 0.484. The van der Waals surface area contributed by atoms with Crippen LogP contribution < -0.4 is 4.74 Å². The number of para-hydroxylation sites is 1. The lowest BCUT2D eigenvalue weighted by Gasteiger charge is -2.39. The van der Waals surface area contributed by atoms with Gasteiger partial charge in [-0.05, 0) is 36.1 Å². The molecule has 0 saturated carbocycles. The number of amides is 2. The predicted octanol–water partition coefficient (Wildman–Crippen LogP) is 4.99. The molecule has 206 valence electrons. The van der Waals surface area contributed by atoms with E-state index in [-0.39, 0.29) is 30.2 Å². The van der Waals surface area contributed by atoms with Crippen molar-refractivity contribution in [1.82, 2.24) is 9.80 Å². The summed E-state index contributed by atoms with van der Waals surface area (Å²) in [5.41, 5.74) is 1.42. The lowest BCUT2D eigenvalue weighted by molar-refractivity contribution is -0.142. The Morgan fingerprint density at radius 3 is 2.29 bits per heavy atom. The Kier molecular flexibility index (Phi) is 10.9. The summed E-state index contributed by atoms with van der Waals surface area (Å²) in [6.45, 7) is 9.58. The van der Waals surface area contributed by atoms with Crippen LogP contribution in [0.4, 0.5) is 0 Å². The largest absolute Gasteiger partial charge is 0.489 e. The minimum atomic E-state index is -0.652. The minimum Gasteiger partial charge on any atom is -0.489 e. The van der Waals surface area contributed by atoms with E-state index in [1.807, 2.05) is 73.4 Å². The molecule has 2 amide bonds. The summed E-state index contributed by atoms with van der Waals surface area (Å²) in [5.74, 6) is 0.537. The van der Waals surface area contributed by atoms with Crippen LogP contribution in [-0.2, 0) is 14.3 Å². The van der Waals surface area contributed by atoms with Gasteiger partial charge in [0.15, 0.2) is 0 Å². The molecule has 3 rings (SSSR count). The molecule has 0 spiro atoms. The molecule has 2 aromatic rings. The zero-order valence-electron chi connectivity index (χ0n) is 23.5. The number of ether oxygens (including phenoxy) is 3. The number of hydrogen-bond donors (Lipinski definition) is 0. The average Bonchev–Trinajstić information content (AvgIpc) is 2.91. The van der Waals surface area contributed by atoms with Gasteiger partial charge in [0, 0.05) is 45.0 Å². The van der Waals surface area contributed by atoms with E-state index in [1.165, 1.54) is 0 Å². The molecule has 3 atom stereocenters. The molecular formula is C31H42N2O5. The second-order valence-corrected chi connectivity index (χ2v) is 10.4. The summed E-state index contributed by atoms with van der Waals surface area (Å²) in [6, 6.07) is 16.2. The van der Waals surface area contributed by atoms with Crippen LogP contribution in [0.1, 0.15) is 49.7 Å². The van der Waals surface area contributed by atoms with Crippen LogP contribution in [-0.4, -0.2) is 74.2 Å². The van der Waals surface area contributed by atoms with Crippen molar-refractivity contribution in [3.63, 3.8) is 0 Å². The number of hydrogen-bond acceptors (Lipinski definition) is 5. The molecule has 1 aliphatic rings. The highest BCUT2D eigenvalue weighted by molar-refractivity contribution is 5.97. The number of benzene rings is 2. The molecule has 1 aliphatic heterocycles. The highest BCUT2D eigenvalue weighted by Crippen LogP contribution is 2.32. The van der Waals surface area contributed by atoms with Crippen molar-refractivity contribution in [2.45, 2.75) is 45.9 Å². The zero-order chi connectivity index (χ0) is 27.7. The van der Waals surface area contributed by atoms with Crippen molar-refractivity contribution in [3.05, 3.63) is 77.9 Å². The topological polar surface area (TPSA) is 68.3 Å². The van der Waals surface area contributed by atoms with E-state index < -0.39 is 18.2 Å². The molecular weight excluding hydrogens is 480 g/mol. The van der Waals surface area contributed by atoms with Crippen molar-refractivity contribution >= 4 is 11.8 Å². The van der Waals surface area contributed by atoms with Gasteiger partial charge in [0.2, 0.25) is 5.91 Å². The summed E-state index contributed by atoms with van der Waals surface area (Å²) < 4.78 is 18.0. The number of carbonyl (C=O) groups is 2. The Morgan fingerprint density at radius 2 is 1.66 bits per heavy atom. The molecule has 0 aliphatic carbocycles. The summed E-state index contributed by atoms with van der Waals surface area (Å²) in [4.78, 5) is 31.6. The number of carbonyl (C=O) groups excluding carboxylic acids is 2. The van der Waals surface area contributed by atoms with Gasteiger partial charge >= 0.3 is 0 Å². The van der Waals surface area contributed by atoms with Gasteiger partial charge in [-0.3, -0.25) is 9.59 Å². The van der Waals surface area contributed by atoms with Crippen molar-refractivity contribution in [2.75, 3.05) is 40.5 Å². The standard InChI is InChI=1S/C31H42N2O5/c1-22(2)20-32-21-27(36-5)29(37-6)25-16-10-11-17-26(25)38-19-13-12-18-33(28(23(3)4)31(32)35)30(34)24-14-8-7-9-15-24/h7-17,22-23,27-29H,18-21H2,1-6H3/b13-12+/t27-,28-,29-/m0/s1. The first-order valence-corrected chi connectivity index (χ1v) is 13.4. The van der Waals surface area contributed by atoms with Gasteiger partial charge in [0.05, 0.1) is 0 Å². The third kappa shape index (κ3) is 7.23. The van der Waals surface area contributed by atoms with Crippen LogP contribution in [0.3, 0.4) is 0 Å². The second kappa shape index (κ2) is 14.1. The molecule has 0 fully saturated rings. The lowest BCUT2D eigenvalue weighted by atomic mass is 9.97. The van der Waals surface area contributed by atoms with Crippen LogP contribution in [0.2, 0.25) is 0 Å². The van der Waals surface area contributed by atoms with Gasteiger partial charge in [-0.15, -0.1) is 0 Å². The third-order valence-corrected chi connectivity index (χ3v) is 6.72. The van der Waals surface area contributed by atoms with Gasteiger partial charge in [-0.25, -0.2) is 0 Å². The fourth-order valence-electron chi connectivity index (χ4n) is 4.96. The van der Waals surface area contributed by atoms with Gasteiger partial charge in [0.25, 0.3) is 5.91 Å². The summed E-state index contributed by atoms with van der Waals surface area (Å²) in [7, 11) is 3.28. The van der Waals surface area contributed by atoms with Crippen LogP contribution in [0, 0.1) is 11.8 Å². The van der Waals surface area contributed by atoms with Crippen LogP contribution in [0.5, 0.6) is 5.75 Å². The zero-order valence-corrected chi connectivity index (χ0v) is 23.5. The number of rotatable bonds is 6. The molecule has 0 unspecified atom stereocenters. The Morgan fingerprint density at radius 1 is 0.974 bits per heavy atom. The highest BCUT2D eigenvalue weighted by Gasteiger charge is 2.38. The monoisotopic (exact) mass is 522 g/mol. The van der Waals surface area contributed by atoms with E-state index >= 15 is 0 Å². The van der Waals surface area contributed by atoms with Crippen molar-refractivity contribution < 1.29 is 23.8 Å². The first-order chi connectivity index (χ1) is 18.3. The average molecular weight is 523 g/mol. The molecule has 7 heteroatoms. The quantitative estimate of drug-likeness (QED) is 0.500. The molecule has 0 N–H and O–H groups in total. The van der Waals surface area contributed by atoms with E-state index in [0.717, 1.165) is 5.56 Å². The van der Waals surface area contributed by atoms with Gasteiger partial charge < -0.3 is 24.0 Å². The number of nitrogens with zero attached hydrogens (tertiary/aromatic N) is 2. The van der Waals surface area contributed by atoms with Crippen LogP contribution in [0.25, 0.3) is 0 Å². The van der Waals surface area contributed by atoms with Gasteiger partial charge in [-0.2, -0.15) is 0 Å². The molecule has 38 heavy (non-hydrogen) atoms. The normalized spacial score (nSPS) is 22.1. The van der Waals surface area contributed by atoms with Crippen molar-refractivity contribution in [3.8, 4) is 5.75 Å². The maximum Gasteiger partial charge on any atom is 0.254 e. The van der Waals surface area contributed by atoms with Crippen molar-refractivity contribution in [1.29, 1.82) is 0 Å². The predicted molar refractivity (Wildman–Crippen MR) is 149 cm³/mol. The van der Waals surface area contributed by atoms with Crippen molar-refractivity contribution in [2.24, 2.45) is 11.8 Å². The molecule has 2 aromatic carbocycles. The van der Waals surface area contributed by atoms with Crippen LogP contribution >= 0.6 is 0 Å². The van der Waals surface area contributed by atoms with Gasteiger partial charge in [-0.1, -0.05) is 70.2 Å². The molecule has 0 saturated heterocycles. The van der Waals surface area contributed by atoms with E-state index in [9.17, 15) is 9.59 Å². The second-order valence-electron chi connectivity index (χ2n) is 10.4. The van der Waals surface area contributed by atoms with Gasteiger partial charge in [0.1, 0.15) is 30.6 Å². The van der Waals surface area contributed by atoms with E-state index in [1.54, 1.807) is 31.3 Å². The highest BCUT2D eigenvalue weighted by atomic mass is 16.5. The number of fused-ring (bicyclic) bond motifs is 1. The molecule has 0 radical (unpaired) electrons. The fourth-order valence-corrected chi connectivity index (χ4v) is 4.96. The summed E-state index contributed by atoms with van der Waals surface area (Å²) in [6.07, 6.45) is 2.88. The van der Waals surface area contributed by atoms with Crippen LogP contribution in [0.15, 0.2) is 66.7 Å². The minimum absolute atomic E-state index is 0.0927. The molecule has 0 aromatic heterocycles. The Bertz CT molecular complexity index is 1070. The Balaban J connectivity index is 2.11. The number of methoxy groups -OCH3 is 2. The van der Waals surface area contributed by atoms with E-state index in [0.29, 0.717) is 31.0 Å². The SMILES string of the molecule is CO[C@H]1CN(CC(C)C)C(=O)[C@H](C(C)C)N(C(=O)c2ccccc2)C/C=C/COc2ccccc2[C@@H]1OC. The Hall–Kier alpha value is -3.16. The summed E-state index contributed by atoms with van der Waals surface area (Å²) >= 11 is 0.